The minimum absolute atomic E-state index is 0.0787. The van der Waals surface area contributed by atoms with Crippen molar-refractivity contribution in [3.05, 3.63) is 29.8 Å². The van der Waals surface area contributed by atoms with Crippen LogP contribution in [-0.2, 0) is 4.74 Å². The van der Waals surface area contributed by atoms with Crippen molar-refractivity contribution >= 4 is 0 Å². The summed E-state index contributed by atoms with van der Waals surface area (Å²) in [6.07, 6.45) is 0.128. The Labute approximate surface area is 96.8 Å². The Hall–Kier alpha value is -1.06. The summed E-state index contributed by atoms with van der Waals surface area (Å²) < 4.78 is 11.1. The van der Waals surface area contributed by atoms with Gasteiger partial charge in [-0.05, 0) is 31.5 Å². The largest absolute Gasteiger partial charge is 0.497 e. The molecule has 0 spiro atoms. The maximum Gasteiger partial charge on any atom is 0.119 e. The predicted octanol–water partition coefficient (Wildman–Crippen LogP) is 2.13. The number of benzene rings is 1. The maximum absolute atomic E-state index is 5.86. The first kappa shape index (κ1) is 11.4. The molecule has 1 aromatic carbocycles. The first-order chi connectivity index (χ1) is 7.61. The summed E-state index contributed by atoms with van der Waals surface area (Å²) in [5.74, 6) is 0.880. The Morgan fingerprint density at radius 3 is 2.88 bits per heavy atom. The zero-order chi connectivity index (χ0) is 11.6. The number of methoxy groups -OCH3 is 1. The van der Waals surface area contributed by atoms with E-state index in [4.69, 9.17) is 9.47 Å². The third kappa shape index (κ3) is 2.54. The Morgan fingerprint density at radius 1 is 1.44 bits per heavy atom. The number of hydrogen-bond donors (Lipinski definition) is 1. The van der Waals surface area contributed by atoms with Crippen LogP contribution in [0.15, 0.2) is 24.3 Å². The lowest BCUT2D eigenvalue weighted by atomic mass is 10.0. The minimum Gasteiger partial charge on any atom is -0.497 e. The van der Waals surface area contributed by atoms with Crippen LogP contribution in [-0.4, -0.2) is 25.8 Å². The van der Waals surface area contributed by atoms with Gasteiger partial charge in [0.15, 0.2) is 0 Å². The molecule has 1 unspecified atom stereocenters. The van der Waals surface area contributed by atoms with E-state index in [9.17, 15) is 0 Å². The second-order valence-corrected chi connectivity index (χ2v) is 4.84. The lowest BCUT2D eigenvalue weighted by Gasteiger charge is -2.36. The van der Waals surface area contributed by atoms with Gasteiger partial charge in [0.2, 0.25) is 0 Å². The molecule has 88 valence electrons. The van der Waals surface area contributed by atoms with Gasteiger partial charge in [-0.1, -0.05) is 12.1 Å². The van der Waals surface area contributed by atoms with E-state index in [0.29, 0.717) is 0 Å². The van der Waals surface area contributed by atoms with Crippen LogP contribution in [0.25, 0.3) is 0 Å². The van der Waals surface area contributed by atoms with E-state index in [1.165, 1.54) is 5.56 Å². The van der Waals surface area contributed by atoms with Gasteiger partial charge in [-0.15, -0.1) is 0 Å². The Kier molecular flexibility index (Phi) is 3.17. The fourth-order valence-electron chi connectivity index (χ4n) is 1.84. The molecular formula is C13H19NO2. The highest BCUT2D eigenvalue weighted by Gasteiger charge is 2.27. The summed E-state index contributed by atoms with van der Waals surface area (Å²) >= 11 is 0. The normalized spacial score (nSPS) is 24.1. The Balaban J connectivity index is 2.08. The molecule has 3 heteroatoms. The number of hydrogen-bond acceptors (Lipinski definition) is 3. The van der Waals surface area contributed by atoms with Crippen LogP contribution in [0.4, 0.5) is 0 Å². The second kappa shape index (κ2) is 4.44. The second-order valence-electron chi connectivity index (χ2n) is 4.84. The van der Waals surface area contributed by atoms with Gasteiger partial charge in [0.1, 0.15) is 5.75 Å². The summed E-state index contributed by atoms with van der Waals surface area (Å²) in [5.41, 5.74) is 1.25. The molecule has 0 aliphatic carbocycles. The Morgan fingerprint density at radius 2 is 2.25 bits per heavy atom. The van der Waals surface area contributed by atoms with E-state index in [1.807, 2.05) is 18.2 Å². The highest BCUT2D eigenvalue weighted by atomic mass is 16.5. The van der Waals surface area contributed by atoms with Gasteiger partial charge in [-0.3, -0.25) is 0 Å². The molecular weight excluding hydrogens is 202 g/mol. The summed E-state index contributed by atoms with van der Waals surface area (Å²) in [6.45, 7) is 5.87. The summed E-state index contributed by atoms with van der Waals surface area (Å²) in [4.78, 5) is 0. The van der Waals surface area contributed by atoms with Crippen molar-refractivity contribution in [1.29, 1.82) is 0 Å². The third-order valence-corrected chi connectivity index (χ3v) is 2.88. The van der Waals surface area contributed by atoms with Crippen LogP contribution in [0, 0.1) is 0 Å². The standard InChI is InChI=1S/C13H19NO2/c1-13(2)9-16-12(8-14-13)10-5-4-6-11(7-10)15-3/h4-7,12,14H,8-9H2,1-3H3. The topological polar surface area (TPSA) is 30.5 Å². The lowest BCUT2D eigenvalue weighted by Crippen LogP contribution is -2.50. The molecule has 0 saturated carbocycles. The Bertz CT molecular complexity index is 353. The molecule has 0 aromatic heterocycles. The average molecular weight is 221 g/mol. The highest BCUT2D eigenvalue weighted by Crippen LogP contribution is 2.25. The van der Waals surface area contributed by atoms with E-state index in [0.717, 1.165) is 18.9 Å². The zero-order valence-electron chi connectivity index (χ0n) is 10.1. The molecule has 1 N–H and O–H groups in total. The molecule has 16 heavy (non-hydrogen) atoms. The van der Waals surface area contributed by atoms with Gasteiger partial charge in [0.05, 0.1) is 19.8 Å². The molecule has 1 aromatic rings. The molecule has 0 amide bonds. The smallest absolute Gasteiger partial charge is 0.119 e. The molecule has 0 radical (unpaired) electrons. The van der Waals surface area contributed by atoms with Crippen molar-refractivity contribution < 1.29 is 9.47 Å². The van der Waals surface area contributed by atoms with Gasteiger partial charge in [0, 0.05) is 12.1 Å². The van der Waals surface area contributed by atoms with Gasteiger partial charge in [-0.2, -0.15) is 0 Å². The predicted molar refractivity (Wildman–Crippen MR) is 63.8 cm³/mol. The van der Waals surface area contributed by atoms with Crippen LogP contribution >= 0.6 is 0 Å². The first-order valence-corrected chi connectivity index (χ1v) is 5.61. The van der Waals surface area contributed by atoms with Crippen molar-refractivity contribution in [3.63, 3.8) is 0 Å². The SMILES string of the molecule is COc1cccc(C2CNC(C)(C)CO2)c1. The summed E-state index contributed by atoms with van der Waals surface area (Å²) in [5, 5.41) is 3.48. The van der Waals surface area contributed by atoms with Crippen LogP contribution in [0.2, 0.25) is 0 Å². The molecule has 1 fully saturated rings. The fourth-order valence-corrected chi connectivity index (χ4v) is 1.84. The summed E-state index contributed by atoms with van der Waals surface area (Å²) in [7, 11) is 1.68. The van der Waals surface area contributed by atoms with Gasteiger partial charge < -0.3 is 14.8 Å². The van der Waals surface area contributed by atoms with Gasteiger partial charge in [-0.25, -0.2) is 0 Å². The monoisotopic (exact) mass is 221 g/mol. The molecule has 2 rings (SSSR count). The van der Waals surface area contributed by atoms with E-state index in [1.54, 1.807) is 7.11 Å². The van der Waals surface area contributed by atoms with Crippen LogP contribution in [0.3, 0.4) is 0 Å². The van der Waals surface area contributed by atoms with Gasteiger partial charge in [0.25, 0.3) is 0 Å². The molecule has 1 atom stereocenters. The lowest BCUT2D eigenvalue weighted by molar-refractivity contribution is -0.0229. The summed E-state index contributed by atoms with van der Waals surface area (Å²) in [6, 6.07) is 8.05. The number of rotatable bonds is 2. The van der Waals surface area contributed by atoms with Crippen molar-refractivity contribution in [3.8, 4) is 5.75 Å². The molecule has 3 nitrogen and oxygen atoms in total. The quantitative estimate of drug-likeness (QED) is 0.830. The van der Waals surface area contributed by atoms with E-state index in [2.05, 4.69) is 25.2 Å². The third-order valence-electron chi connectivity index (χ3n) is 2.88. The average Bonchev–Trinajstić information content (AvgIpc) is 2.29. The molecule has 0 bridgehead atoms. The van der Waals surface area contributed by atoms with E-state index in [-0.39, 0.29) is 11.6 Å². The number of nitrogens with one attached hydrogen (secondary N) is 1. The molecule has 1 saturated heterocycles. The van der Waals surface area contributed by atoms with Gasteiger partial charge >= 0.3 is 0 Å². The van der Waals surface area contributed by atoms with Crippen LogP contribution in [0.5, 0.6) is 5.75 Å². The highest BCUT2D eigenvalue weighted by molar-refractivity contribution is 5.30. The maximum atomic E-state index is 5.86. The van der Waals surface area contributed by atoms with E-state index < -0.39 is 0 Å². The van der Waals surface area contributed by atoms with E-state index >= 15 is 0 Å². The molecule has 1 aliphatic rings. The fraction of sp³-hybridized carbons (Fsp3) is 0.538. The zero-order valence-corrected chi connectivity index (χ0v) is 10.1. The number of morpholine rings is 1. The first-order valence-electron chi connectivity index (χ1n) is 5.61. The van der Waals surface area contributed by atoms with Crippen LogP contribution < -0.4 is 10.1 Å². The van der Waals surface area contributed by atoms with Crippen molar-refractivity contribution in [1.82, 2.24) is 5.32 Å². The number of ether oxygens (including phenoxy) is 2. The van der Waals surface area contributed by atoms with Crippen molar-refractivity contribution in [2.45, 2.75) is 25.5 Å². The van der Waals surface area contributed by atoms with Crippen molar-refractivity contribution in [2.24, 2.45) is 0 Å². The van der Waals surface area contributed by atoms with Crippen LogP contribution in [0.1, 0.15) is 25.5 Å². The minimum atomic E-state index is 0.0787. The van der Waals surface area contributed by atoms with Crippen molar-refractivity contribution in [2.75, 3.05) is 20.3 Å². The molecule has 1 aliphatic heterocycles. The molecule has 1 heterocycles.